The molecule has 1 rings (SSSR count). The summed E-state index contributed by atoms with van der Waals surface area (Å²) in [5.74, 6) is -0.895. The number of carbonyl (C=O) groups is 3. The molecule has 0 saturated carbocycles. The summed E-state index contributed by atoms with van der Waals surface area (Å²) in [6.45, 7) is 7.52. The van der Waals surface area contributed by atoms with Crippen LogP contribution in [0.3, 0.4) is 0 Å². The third kappa shape index (κ3) is 4.40. The Morgan fingerprint density at radius 3 is 2.00 bits per heavy atom. The van der Waals surface area contributed by atoms with Crippen LogP contribution in [0.5, 0.6) is 0 Å². The normalized spacial score (nSPS) is 15.4. The van der Waals surface area contributed by atoms with E-state index in [1.54, 1.807) is 14.7 Å². The minimum absolute atomic E-state index is 0.0173. The lowest BCUT2D eigenvalue weighted by molar-refractivity contribution is -0.137. The zero-order valence-electron chi connectivity index (χ0n) is 12.3. The maximum Gasteiger partial charge on any atom is 0.320 e. The minimum Gasteiger partial charge on any atom is -0.481 e. The molecule has 0 atom stereocenters. The van der Waals surface area contributed by atoms with E-state index in [9.17, 15) is 14.4 Å². The highest BCUT2D eigenvalue weighted by Crippen LogP contribution is 2.09. The molecule has 1 fully saturated rings. The fourth-order valence-corrected chi connectivity index (χ4v) is 2.19. The van der Waals surface area contributed by atoms with Gasteiger partial charge in [-0.25, -0.2) is 4.79 Å². The molecule has 20 heavy (non-hydrogen) atoms. The van der Waals surface area contributed by atoms with Gasteiger partial charge in [0.15, 0.2) is 0 Å². The number of urea groups is 1. The van der Waals surface area contributed by atoms with Gasteiger partial charge < -0.3 is 19.8 Å². The van der Waals surface area contributed by atoms with Crippen molar-refractivity contribution in [1.82, 2.24) is 14.7 Å². The molecule has 1 N–H and O–H groups in total. The van der Waals surface area contributed by atoms with Crippen LogP contribution in [0.25, 0.3) is 0 Å². The van der Waals surface area contributed by atoms with E-state index >= 15 is 0 Å². The van der Waals surface area contributed by atoms with Crippen molar-refractivity contribution in [3.63, 3.8) is 0 Å². The maximum atomic E-state index is 12.4. The quantitative estimate of drug-likeness (QED) is 0.813. The number of amides is 3. The Hall–Kier alpha value is -1.79. The number of piperazine rings is 1. The molecular weight excluding hydrogens is 262 g/mol. The number of carboxylic acid groups (broad SMARTS) is 1. The van der Waals surface area contributed by atoms with E-state index in [4.69, 9.17) is 5.11 Å². The first-order chi connectivity index (χ1) is 9.32. The molecule has 0 spiro atoms. The van der Waals surface area contributed by atoms with Crippen molar-refractivity contribution in [1.29, 1.82) is 0 Å². The molecule has 0 unspecified atom stereocenters. The van der Waals surface area contributed by atoms with E-state index < -0.39 is 5.97 Å². The first-order valence-corrected chi connectivity index (χ1v) is 6.85. The van der Waals surface area contributed by atoms with Gasteiger partial charge in [-0.3, -0.25) is 9.59 Å². The SMILES string of the molecule is CC(=O)N1CCN(C(=O)N(CCC(=O)O)C(C)C)CC1. The second-order valence-corrected chi connectivity index (χ2v) is 5.21. The zero-order chi connectivity index (χ0) is 15.3. The molecule has 0 radical (unpaired) electrons. The Labute approximate surface area is 119 Å². The highest BCUT2D eigenvalue weighted by atomic mass is 16.4. The van der Waals surface area contributed by atoms with E-state index in [2.05, 4.69) is 0 Å². The minimum atomic E-state index is -0.912. The van der Waals surface area contributed by atoms with Crippen molar-refractivity contribution in [2.24, 2.45) is 0 Å². The van der Waals surface area contributed by atoms with Gasteiger partial charge in [-0.2, -0.15) is 0 Å². The molecule has 0 aliphatic carbocycles. The van der Waals surface area contributed by atoms with E-state index in [1.165, 1.54) is 6.92 Å². The number of nitrogens with zero attached hydrogens (tertiary/aromatic N) is 3. The van der Waals surface area contributed by atoms with Crippen LogP contribution in [0.4, 0.5) is 4.79 Å². The van der Waals surface area contributed by atoms with Crippen LogP contribution in [0.1, 0.15) is 27.2 Å². The van der Waals surface area contributed by atoms with Gasteiger partial charge in [0, 0.05) is 45.7 Å². The molecule has 0 aromatic rings. The van der Waals surface area contributed by atoms with Gasteiger partial charge >= 0.3 is 12.0 Å². The standard InChI is InChI=1S/C13H23N3O4/c1-10(2)16(5-4-12(18)19)13(20)15-8-6-14(7-9-15)11(3)17/h10H,4-9H2,1-3H3,(H,18,19). The number of carbonyl (C=O) groups excluding carboxylic acids is 2. The summed E-state index contributed by atoms with van der Waals surface area (Å²) in [7, 11) is 0. The second kappa shape index (κ2) is 7.12. The number of carboxylic acids is 1. The van der Waals surface area contributed by atoms with Gasteiger partial charge in [-0.05, 0) is 13.8 Å². The number of aliphatic carboxylic acids is 1. The first-order valence-electron chi connectivity index (χ1n) is 6.85. The molecular formula is C13H23N3O4. The largest absolute Gasteiger partial charge is 0.481 e. The molecule has 7 nitrogen and oxygen atoms in total. The smallest absolute Gasteiger partial charge is 0.320 e. The van der Waals surface area contributed by atoms with Crippen LogP contribution in [-0.2, 0) is 9.59 Å². The number of rotatable bonds is 4. The molecule has 114 valence electrons. The van der Waals surface area contributed by atoms with Gasteiger partial charge in [0.25, 0.3) is 0 Å². The zero-order valence-corrected chi connectivity index (χ0v) is 12.3. The fourth-order valence-electron chi connectivity index (χ4n) is 2.19. The van der Waals surface area contributed by atoms with Crippen molar-refractivity contribution in [3.05, 3.63) is 0 Å². The van der Waals surface area contributed by atoms with Gasteiger partial charge in [0.1, 0.15) is 0 Å². The molecule has 0 bridgehead atoms. The highest BCUT2D eigenvalue weighted by molar-refractivity contribution is 5.77. The number of hydrogen-bond donors (Lipinski definition) is 1. The lowest BCUT2D eigenvalue weighted by atomic mass is 10.2. The summed E-state index contributed by atoms with van der Waals surface area (Å²) < 4.78 is 0. The summed E-state index contributed by atoms with van der Waals surface area (Å²) in [5.41, 5.74) is 0. The van der Waals surface area contributed by atoms with E-state index in [-0.39, 0.29) is 30.9 Å². The van der Waals surface area contributed by atoms with Crippen LogP contribution in [0, 0.1) is 0 Å². The average molecular weight is 285 g/mol. The van der Waals surface area contributed by atoms with Crippen LogP contribution in [-0.4, -0.2) is 76.5 Å². The Morgan fingerprint density at radius 1 is 1.10 bits per heavy atom. The fraction of sp³-hybridized carbons (Fsp3) is 0.769. The van der Waals surface area contributed by atoms with Crippen LogP contribution in [0.15, 0.2) is 0 Å². The molecule has 7 heteroatoms. The summed E-state index contributed by atoms with van der Waals surface area (Å²) in [6, 6.07) is -0.197. The van der Waals surface area contributed by atoms with Crippen molar-refractivity contribution < 1.29 is 19.5 Å². The lowest BCUT2D eigenvalue weighted by Crippen LogP contribution is -2.55. The highest BCUT2D eigenvalue weighted by Gasteiger charge is 2.27. The molecule has 3 amide bonds. The predicted octanol–water partition coefficient (Wildman–Crippen LogP) is 0.456. The van der Waals surface area contributed by atoms with Crippen LogP contribution >= 0.6 is 0 Å². The molecule has 1 heterocycles. The monoisotopic (exact) mass is 285 g/mol. The van der Waals surface area contributed by atoms with Crippen LogP contribution < -0.4 is 0 Å². The molecule has 0 aromatic carbocycles. The van der Waals surface area contributed by atoms with E-state index in [1.807, 2.05) is 13.8 Å². The Bertz CT molecular complexity index is 376. The van der Waals surface area contributed by atoms with Crippen molar-refractivity contribution in [2.75, 3.05) is 32.7 Å². The number of hydrogen-bond acceptors (Lipinski definition) is 3. The maximum absolute atomic E-state index is 12.4. The third-order valence-corrected chi connectivity index (χ3v) is 3.43. The van der Waals surface area contributed by atoms with Crippen molar-refractivity contribution >= 4 is 17.9 Å². The van der Waals surface area contributed by atoms with Gasteiger partial charge in [0.05, 0.1) is 6.42 Å². The second-order valence-electron chi connectivity index (χ2n) is 5.21. The first kappa shape index (κ1) is 16.3. The van der Waals surface area contributed by atoms with Gasteiger partial charge in [-0.15, -0.1) is 0 Å². The van der Waals surface area contributed by atoms with Crippen LogP contribution in [0.2, 0.25) is 0 Å². The molecule has 0 aromatic heterocycles. The predicted molar refractivity (Wildman–Crippen MR) is 73.3 cm³/mol. The topological polar surface area (TPSA) is 81.2 Å². The molecule has 1 aliphatic rings. The van der Waals surface area contributed by atoms with Crippen molar-refractivity contribution in [3.8, 4) is 0 Å². The summed E-state index contributed by atoms with van der Waals surface area (Å²) in [5, 5.41) is 8.74. The molecule has 1 saturated heterocycles. The summed E-state index contributed by atoms with van der Waals surface area (Å²) in [4.78, 5) is 39.2. The van der Waals surface area contributed by atoms with E-state index in [0.29, 0.717) is 26.2 Å². The summed E-state index contributed by atoms with van der Waals surface area (Å²) >= 11 is 0. The third-order valence-electron chi connectivity index (χ3n) is 3.43. The lowest BCUT2D eigenvalue weighted by Gasteiger charge is -2.38. The Morgan fingerprint density at radius 2 is 1.60 bits per heavy atom. The van der Waals surface area contributed by atoms with Crippen molar-refractivity contribution in [2.45, 2.75) is 33.2 Å². The summed E-state index contributed by atoms with van der Waals surface area (Å²) in [6.07, 6.45) is -0.0582. The van der Waals surface area contributed by atoms with E-state index in [0.717, 1.165) is 0 Å². The average Bonchev–Trinajstić information content (AvgIpc) is 2.38. The van der Waals surface area contributed by atoms with Gasteiger partial charge in [0.2, 0.25) is 5.91 Å². The Balaban J connectivity index is 2.58. The molecule has 1 aliphatic heterocycles. The van der Waals surface area contributed by atoms with Gasteiger partial charge in [-0.1, -0.05) is 0 Å². The Kier molecular flexibility index (Phi) is 5.79.